The molecule has 1 aromatic heterocycles. The van der Waals surface area contributed by atoms with E-state index in [0.717, 1.165) is 22.1 Å². The van der Waals surface area contributed by atoms with Gasteiger partial charge in [-0.2, -0.15) is 0 Å². The van der Waals surface area contributed by atoms with Crippen molar-refractivity contribution in [3.8, 4) is 5.75 Å². The van der Waals surface area contributed by atoms with Gasteiger partial charge in [0.25, 0.3) is 0 Å². The molecule has 0 saturated carbocycles. The molecule has 0 radical (unpaired) electrons. The van der Waals surface area contributed by atoms with E-state index in [1.54, 1.807) is 6.20 Å². The second kappa shape index (κ2) is 5.25. The number of hydrogen-bond acceptors (Lipinski definition) is 4. The fourth-order valence-corrected chi connectivity index (χ4v) is 2.50. The van der Waals surface area contributed by atoms with Crippen molar-refractivity contribution >= 4 is 23.5 Å². The number of aromatic nitrogens is 1. The van der Waals surface area contributed by atoms with Crippen LogP contribution in [0.3, 0.4) is 0 Å². The Bertz CT molecular complexity index is 683. The van der Waals surface area contributed by atoms with Gasteiger partial charge in [0.15, 0.2) is 0 Å². The lowest BCUT2D eigenvalue weighted by Crippen LogP contribution is -2.41. The van der Waals surface area contributed by atoms with E-state index < -0.39 is 0 Å². The molecule has 1 aliphatic heterocycles. The van der Waals surface area contributed by atoms with Crippen LogP contribution >= 0.6 is 0 Å². The average molecular weight is 299 g/mol. The molecule has 1 fully saturated rings. The minimum absolute atomic E-state index is 0.335. The average Bonchev–Trinajstić information content (AvgIpc) is 2.67. The summed E-state index contributed by atoms with van der Waals surface area (Å²) in [4.78, 5) is 4.42. The van der Waals surface area contributed by atoms with Crippen molar-refractivity contribution in [1.82, 2.24) is 4.98 Å². The molecule has 2 aromatic rings. The molecule has 0 spiro atoms. The van der Waals surface area contributed by atoms with Crippen molar-refractivity contribution < 1.29 is 14.0 Å². The number of benzene rings is 1. The molecule has 2 heterocycles. The molecule has 0 N–H and O–H groups in total. The molecule has 4 nitrogen and oxygen atoms in total. The first-order valence-electron chi connectivity index (χ1n) is 7.70. The molecular formula is C17H22BNO3. The molecular weight excluding hydrogens is 277 g/mol. The number of nitrogens with zero attached hydrogens (tertiary/aromatic N) is 1. The Morgan fingerprint density at radius 1 is 1.09 bits per heavy atom. The van der Waals surface area contributed by atoms with Crippen molar-refractivity contribution in [2.45, 2.75) is 45.8 Å². The van der Waals surface area contributed by atoms with Gasteiger partial charge in [0, 0.05) is 5.39 Å². The molecule has 116 valence electrons. The monoisotopic (exact) mass is 299 g/mol. The van der Waals surface area contributed by atoms with E-state index in [1.165, 1.54) is 0 Å². The second-order valence-corrected chi connectivity index (χ2v) is 6.64. The highest BCUT2D eigenvalue weighted by Gasteiger charge is 2.51. The molecule has 0 amide bonds. The van der Waals surface area contributed by atoms with Crippen LogP contribution in [0.25, 0.3) is 10.9 Å². The van der Waals surface area contributed by atoms with E-state index in [0.29, 0.717) is 6.61 Å². The van der Waals surface area contributed by atoms with Crippen molar-refractivity contribution in [3.63, 3.8) is 0 Å². The number of rotatable bonds is 3. The molecule has 1 aliphatic rings. The van der Waals surface area contributed by atoms with E-state index in [1.807, 2.05) is 25.1 Å². The van der Waals surface area contributed by atoms with Gasteiger partial charge in [0.05, 0.1) is 29.5 Å². The first-order chi connectivity index (χ1) is 10.3. The van der Waals surface area contributed by atoms with E-state index in [9.17, 15) is 0 Å². The molecule has 22 heavy (non-hydrogen) atoms. The van der Waals surface area contributed by atoms with Crippen LogP contribution in [0.2, 0.25) is 0 Å². The zero-order valence-electron chi connectivity index (χ0n) is 13.8. The van der Waals surface area contributed by atoms with Crippen LogP contribution in [0.4, 0.5) is 0 Å². The first kappa shape index (κ1) is 15.3. The van der Waals surface area contributed by atoms with Crippen LogP contribution in [0.5, 0.6) is 5.75 Å². The number of fused-ring (bicyclic) bond motifs is 1. The minimum atomic E-state index is -0.356. The number of pyridine rings is 1. The summed E-state index contributed by atoms with van der Waals surface area (Å²) in [5.41, 5.74) is 1.26. The predicted molar refractivity (Wildman–Crippen MR) is 88.6 cm³/mol. The smallest absolute Gasteiger partial charge is 0.492 e. The van der Waals surface area contributed by atoms with Crippen LogP contribution in [0.1, 0.15) is 34.6 Å². The quantitative estimate of drug-likeness (QED) is 0.817. The Labute approximate surface area is 131 Å². The van der Waals surface area contributed by atoms with Crippen molar-refractivity contribution in [3.05, 3.63) is 30.5 Å². The SMILES string of the molecule is CCOc1cnc2ccc(B3OC(C)(C)C(C)(C)O3)cc2c1. The lowest BCUT2D eigenvalue weighted by molar-refractivity contribution is 0.00578. The summed E-state index contributed by atoms with van der Waals surface area (Å²) in [5, 5.41) is 1.03. The van der Waals surface area contributed by atoms with Gasteiger partial charge in [-0.1, -0.05) is 12.1 Å². The van der Waals surface area contributed by atoms with Gasteiger partial charge in [-0.15, -0.1) is 0 Å². The van der Waals surface area contributed by atoms with Gasteiger partial charge < -0.3 is 14.0 Å². The maximum atomic E-state index is 6.10. The van der Waals surface area contributed by atoms with Crippen LogP contribution in [0, 0.1) is 0 Å². The highest BCUT2D eigenvalue weighted by Crippen LogP contribution is 2.36. The van der Waals surface area contributed by atoms with Crippen LogP contribution < -0.4 is 10.2 Å². The fraction of sp³-hybridized carbons (Fsp3) is 0.471. The summed E-state index contributed by atoms with van der Waals surface area (Å²) in [7, 11) is -0.356. The maximum Gasteiger partial charge on any atom is 0.494 e. The largest absolute Gasteiger partial charge is 0.494 e. The standard InChI is InChI=1S/C17H22BNO3/c1-6-20-14-10-12-9-13(7-8-15(12)19-11-14)18-21-16(2,3)17(4,5)22-18/h7-11H,6H2,1-5H3. The molecule has 0 unspecified atom stereocenters. The summed E-state index contributed by atoms with van der Waals surface area (Å²) in [6.45, 7) is 10.8. The molecule has 0 atom stereocenters. The molecule has 0 aliphatic carbocycles. The van der Waals surface area contributed by atoms with E-state index >= 15 is 0 Å². The Balaban J connectivity index is 1.95. The Hall–Kier alpha value is -1.59. The summed E-state index contributed by atoms with van der Waals surface area (Å²) < 4.78 is 17.7. The topological polar surface area (TPSA) is 40.6 Å². The van der Waals surface area contributed by atoms with Crippen molar-refractivity contribution in [2.24, 2.45) is 0 Å². The molecule has 1 aromatic carbocycles. The van der Waals surface area contributed by atoms with Crippen LogP contribution in [-0.2, 0) is 9.31 Å². The Morgan fingerprint density at radius 2 is 1.77 bits per heavy atom. The Morgan fingerprint density at radius 3 is 2.41 bits per heavy atom. The third-order valence-electron chi connectivity index (χ3n) is 4.52. The van der Waals surface area contributed by atoms with Crippen molar-refractivity contribution in [2.75, 3.05) is 6.61 Å². The molecule has 1 saturated heterocycles. The van der Waals surface area contributed by atoms with E-state index in [2.05, 4.69) is 38.7 Å². The molecule has 0 bridgehead atoms. The summed E-state index contributed by atoms with van der Waals surface area (Å²) in [6.07, 6.45) is 1.75. The highest BCUT2D eigenvalue weighted by atomic mass is 16.7. The van der Waals surface area contributed by atoms with E-state index in [-0.39, 0.29) is 18.3 Å². The van der Waals surface area contributed by atoms with Crippen molar-refractivity contribution in [1.29, 1.82) is 0 Å². The van der Waals surface area contributed by atoms with Gasteiger partial charge in [0.1, 0.15) is 5.75 Å². The second-order valence-electron chi connectivity index (χ2n) is 6.64. The van der Waals surface area contributed by atoms with Crippen LogP contribution in [-0.4, -0.2) is 29.9 Å². The van der Waals surface area contributed by atoms with Gasteiger partial charge >= 0.3 is 7.12 Å². The summed E-state index contributed by atoms with van der Waals surface area (Å²) >= 11 is 0. The number of ether oxygens (including phenoxy) is 1. The fourth-order valence-electron chi connectivity index (χ4n) is 2.50. The van der Waals surface area contributed by atoms with Gasteiger partial charge in [0.2, 0.25) is 0 Å². The van der Waals surface area contributed by atoms with Gasteiger partial charge in [-0.3, -0.25) is 4.98 Å². The lowest BCUT2D eigenvalue weighted by Gasteiger charge is -2.32. The zero-order chi connectivity index (χ0) is 16.0. The Kier molecular flexibility index (Phi) is 3.65. The highest BCUT2D eigenvalue weighted by molar-refractivity contribution is 6.62. The summed E-state index contributed by atoms with van der Waals surface area (Å²) in [6, 6.07) is 8.07. The van der Waals surface area contributed by atoms with Crippen LogP contribution in [0.15, 0.2) is 30.5 Å². The van der Waals surface area contributed by atoms with E-state index in [4.69, 9.17) is 14.0 Å². The third-order valence-corrected chi connectivity index (χ3v) is 4.52. The normalized spacial score (nSPS) is 19.6. The summed E-state index contributed by atoms with van der Waals surface area (Å²) in [5.74, 6) is 0.779. The van der Waals surface area contributed by atoms with Gasteiger partial charge in [-0.05, 0) is 52.2 Å². The first-order valence-corrected chi connectivity index (χ1v) is 7.70. The lowest BCUT2D eigenvalue weighted by atomic mass is 9.78. The molecule has 5 heteroatoms. The maximum absolute atomic E-state index is 6.10. The predicted octanol–water partition coefficient (Wildman–Crippen LogP) is 2.93. The molecule has 3 rings (SSSR count). The zero-order valence-corrected chi connectivity index (χ0v) is 13.8. The minimum Gasteiger partial charge on any atom is -0.492 e. The third kappa shape index (κ3) is 2.59. The number of hydrogen-bond donors (Lipinski definition) is 0. The van der Waals surface area contributed by atoms with Gasteiger partial charge in [-0.25, -0.2) is 0 Å².